The molecule has 4 atom stereocenters. The topological polar surface area (TPSA) is 97.5 Å². The van der Waals surface area contributed by atoms with E-state index in [4.69, 9.17) is 9.84 Å². The summed E-state index contributed by atoms with van der Waals surface area (Å²) < 4.78 is 7.50. The maximum atomic E-state index is 13.2. The lowest BCUT2D eigenvalue weighted by molar-refractivity contribution is -0.138. The number of ether oxygens (including phenoxy) is 1. The standard InChI is InChI=1S/C19H28N4O4/c24-18(25)8-15-11-23(21-20-15)10-13-3-1-2-6-22(9-13)19(26)17-5-4-16-7-14(17)12-27-16/h11,13-14,16-17H,1-10,12H2,(H,24,25)/t13?,14-,16+,17-/m1/s1. The van der Waals surface area contributed by atoms with E-state index in [0.29, 0.717) is 36.1 Å². The Kier molecular flexibility index (Phi) is 5.43. The highest BCUT2D eigenvalue weighted by atomic mass is 16.5. The Morgan fingerprint density at radius 2 is 2.15 bits per heavy atom. The number of hydrogen-bond donors (Lipinski definition) is 1. The molecule has 3 fully saturated rings. The number of aromatic nitrogens is 3. The van der Waals surface area contributed by atoms with Crippen LogP contribution in [0.15, 0.2) is 6.20 Å². The summed E-state index contributed by atoms with van der Waals surface area (Å²) in [5.74, 6) is 0.245. The fourth-order valence-corrected chi connectivity index (χ4v) is 4.88. The largest absolute Gasteiger partial charge is 0.481 e. The van der Waals surface area contributed by atoms with Crippen LogP contribution in [0.3, 0.4) is 0 Å². The third-order valence-corrected chi connectivity index (χ3v) is 6.24. The van der Waals surface area contributed by atoms with Crippen molar-refractivity contribution in [2.45, 2.75) is 57.6 Å². The average molecular weight is 376 g/mol. The molecule has 148 valence electrons. The summed E-state index contributed by atoms with van der Waals surface area (Å²) in [6.07, 6.45) is 8.18. The van der Waals surface area contributed by atoms with Crippen molar-refractivity contribution in [3.8, 4) is 0 Å². The Labute approximate surface area is 158 Å². The number of nitrogens with zero attached hydrogens (tertiary/aromatic N) is 4. The van der Waals surface area contributed by atoms with Gasteiger partial charge in [0.1, 0.15) is 0 Å². The molecule has 3 aliphatic rings. The summed E-state index contributed by atoms with van der Waals surface area (Å²) >= 11 is 0. The highest BCUT2D eigenvalue weighted by Gasteiger charge is 2.42. The molecule has 1 aliphatic carbocycles. The normalized spacial score (nSPS) is 30.9. The molecule has 4 rings (SSSR count). The van der Waals surface area contributed by atoms with E-state index in [2.05, 4.69) is 15.2 Å². The molecule has 8 heteroatoms. The predicted molar refractivity (Wildman–Crippen MR) is 95.9 cm³/mol. The minimum atomic E-state index is -0.904. The Morgan fingerprint density at radius 3 is 3.00 bits per heavy atom. The zero-order chi connectivity index (χ0) is 18.8. The predicted octanol–water partition coefficient (Wildman–Crippen LogP) is 1.35. The highest BCUT2D eigenvalue weighted by molar-refractivity contribution is 5.79. The molecule has 2 bridgehead atoms. The van der Waals surface area contributed by atoms with Crippen LogP contribution in [0, 0.1) is 17.8 Å². The van der Waals surface area contributed by atoms with Gasteiger partial charge in [-0.25, -0.2) is 0 Å². The van der Waals surface area contributed by atoms with Gasteiger partial charge >= 0.3 is 5.97 Å². The maximum absolute atomic E-state index is 13.2. The third-order valence-electron chi connectivity index (χ3n) is 6.24. The summed E-state index contributed by atoms with van der Waals surface area (Å²) in [6, 6.07) is 0. The third kappa shape index (κ3) is 4.31. The number of aliphatic carboxylic acids is 1. The van der Waals surface area contributed by atoms with Gasteiger partial charge in [-0.15, -0.1) is 5.10 Å². The molecule has 1 N–H and O–H groups in total. The maximum Gasteiger partial charge on any atom is 0.309 e. The summed E-state index contributed by atoms with van der Waals surface area (Å²) in [7, 11) is 0. The van der Waals surface area contributed by atoms with Crippen LogP contribution in [0.25, 0.3) is 0 Å². The van der Waals surface area contributed by atoms with Crippen LogP contribution in [0.5, 0.6) is 0 Å². The van der Waals surface area contributed by atoms with Crippen LogP contribution >= 0.6 is 0 Å². The number of carboxylic acid groups (broad SMARTS) is 1. The molecular weight excluding hydrogens is 348 g/mol. The number of hydrogen-bond acceptors (Lipinski definition) is 5. The second-order valence-electron chi connectivity index (χ2n) is 8.28. The Bertz CT molecular complexity index is 691. The first kappa shape index (κ1) is 18.4. The van der Waals surface area contributed by atoms with Crippen molar-refractivity contribution in [2.75, 3.05) is 19.7 Å². The van der Waals surface area contributed by atoms with Gasteiger partial charge in [0, 0.05) is 31.7 Å². The molecule has 1 saturated carbocycles. The van der Waals surface area contributed by atoms with E-state index in [0.717, 1.165) is 58.2 Å². The highest BCUT2D eigenvalue weighted by Crippen LogP contribution is 2.39. The molecule has 0 aromatic carbocycles. The van der Waals surface area contributed by atoms with Gasteiger partial charge < -0.3 is 14.7 Å². The molecule has 3 heterocycles. The zero-order valence-corrected chi connectivity index (χ0v) is 15.6. The quantitative estimate of drug-likeness (QED) is 0.833. The molecular formula is C19H28N4O4. The number of rotatable bonds is 5. The van der Waals surface area contributed by atoms with Crippen molar-refractivity contribution in [1.82, 2.24) is 19.9 Å². The van der Waals surface area contributed by atoms with Crippen molar-refractivity contribution >= 4 is 11.9 Å². The van der Waals surface area contributed by atoms with Gasteiger partial charge in [-0.1, -0.05) is 11.6 Å². The number of carbonyl (C=O) groups excluding carboxylic acids is 1. The van der Waals surface area contributed by atoms with Crippen molar-refractivity contribution in [2.24, 2.45) is 17.8 Å². The molecule has 2 saturated heterocycles. The number of amides is 1. The molecule has 1 aromatic rings. The SMILES string of the molecule is O=C(O)Cc1cn(CC2CCCCN(C(=O)[C@@H]3CC[C@H]4C[C@@H]3CO4)C2)nn1. The van der Waals surface area contributed by atoms with E-state index >= 15 is 0 Å². The number of carboxylic acids is 1. The smallest absolute Gasteiger partial charge is 0.309 e. The van der Waals surface area contributed by atoms with Crippen molar-refractivity contribution in [1.29, 1.82) is 0 Å². The van der Waals surface area contributed by atoms with E-state index in [1.165, 1.54) is 0 Å². The second kappa shape index (κ2) is 7.96. The van der Waals surface area contributed by atoms with E-state index in [1.54, 1.807) is 10.9 Å². The van der Waals surface area contributed by atoms with Crippen LogP contribution in [0.4, 0.5) is 0 Å². The Hall–Kier alpha value is -1.96. The van der Waals surface area contributed by atoms with Crippen LogP contribution in [-0.2, 0) is 27.3 Å². The number of fused-ring (bicyclic) bond motifs is 2. The summed E-state index contributed by atoms with van der Waals surface area (Å²) in [6.45, 7) is 3.00. The molecule has 1 amide bonds. The van der Waals surface area contributed by atoms with Gasteiger partial charge in [0.15, 0.2) is 0 Å². The van der Waals surface area contributed by atoms with Crippen molar-refractivity contribution < 1.29 is 19.4 Å². The second-order valence-corrected chi connectivity index (χ2v) is 8.28. The first-order chi connectivity index (χ1) is 13.1. The van der Waals surface area contributed by atoms with Crippen LogP contribution < -0.4 is 0 Å². The first-order valence-corrected chi connectivity index (χ1v) is 10.1. The van der Waals surface area contributed by atoms with Crippen LogP contribution in [0.2, 0.25) is 0 Å². The van der Waals surface area contributed by atoms with E-state index in [9.17, 15) is 9.59 Å². The minimum Gasteiger partial charge on any atom is -0.481 e. The van der Waals surface area contributed by atoms with Crippen LogP contribution in [0.1, 0.15) is 44.2 Å². The Morgan fingerprint density at radius 1 is 1.26 bits per heavy atom. The summed E-state index contributed by atoms with van der Waals surface area (Å²) in [5, 5.41) is 16.9. The van der Waals surface area contributed by atoms with E-state index in [-0.39, 0.29) is 12.3 Å². The van der Waals surface area contributed by atoms with Gasteiger partial charge in [0.25, 0.3) is 0 Å². The molecule has 0 radical (unpaired) electrons. The van der Waals surface area contributed by atoms with Gasteiger partial charge in [-0.05, 0) is 43.9 Å². The van der Waals surface area contributed by atoms with E-state index in [1.807, 2.05) is 0 Å². The average Bonchev–Trinajstić information content (AvgIpc) is 3.14. The number of likely N-dealkylation sites (tertiary alicyclic amines) is 1. The molecule has 2 aliphatic heterocycles. The van der Waals surface area contributed by atoms with E-state index < -0.39 is 5.97 Å². The first-order valence-electron chi connectivity index (χ1n) is 10.1. The molecule has 8 nitrogen and oxygen atoms in total. The van der Waals surface area contributed by atoms with Gasteiger partial charge in [-0.3, -0.25) is 14.3 Å². The van der Waals surface area contributed by atoms with Gasteiger partial charge in [0.05, 0.1) is 24.8 Å². The fourth-order valence-electron chi connectivity index (χ4n) is 4.88. The lowest BCUT2D eigenvalue weighted by atomic mass is 9.79. The lowest BCUT2D eigenvalue weighted by Gasteiger charge is -2.32. The number of carbonyl (C=O) groups is 2. The van der Waals surface area contributed by atoms with Gasteiger partial charge in [-0.2, -0.15) is 0 Å². The van der Waals surface area contributed by atoms with Crippen molar-refractivity contribution in [3.05, 3.63) is 11.9 Å². The van der Waals surface area contributed by atoms with Crippen LogP contribution in [-0.4, -0.2) is 62.7 Å². The molecule has 27 heavy (non-hydrogen) atoms. The Balaban J connectivity index is 1.37. The van der Waals surface area contributed by atoms with Crippen molar-refractivity contribution in [3.63, 3.8) is 0 Å². The monoisotopic (exact) mass is 376 g/mol. The molecule has 1 aromatic heterocycles. The molecule has 1 unspecified atom stereocenters. The summed E-state index contributed by atoms with van der Waals surface area (Å²) in [4.78, 5) is 26.1. The minimum absolute atomic E-state index is 0.110. The molecule has 0 spiro atoms. The van der Waals surface area contributed by atoms with Gasteiger partial charge in [0.2, 0.25) is 5.91 Å². The lowest BCUT2D eigenvalue weighted by Crippen LogP contribution is -2.43. The fraction of sp³-hybridized carbons (Fsp3) is 0.789. The summed E-state index contributed by atoms with van der Waals surface area (Å²) in [5.41, 5.74) is 0.474. The zero-order valence-electron chi connectivity index (χ0n) is 15.6.